The van der Waals surface area contributed by atoms with Crippen LogP contribution in [0.2, 0.25) is 0 Å². The van der Waals surface area contributed by atoms with E-state index in [0.29, 0.717) is 18.4 Å². The standard InChI is InChI=1S/C8H16FNO/c9-5-7-1-3-8(4-2-7)6-11-10/h7-8H,1-6,10H2/i9-1. The Kier molecular flexibility index (Phi) is 3.80. The first-order valence-corrected chi connectivity index (χ1v) is 4.24. The summed E-state index contributed by atoms with van der Waals surface area (Å²) in [5, 5.41) is 0. The van der Waals surface area contributed by atoms with Gasteiger partial charge in [0.1, 0.15) is 0 Å². The van der Waals surface area contributed by atoms with Gasteiger partial charge in [0.05, 0.1) is 13.3 Å². The van der Waals surface area contributed by atoms with Crippen molar-refractivity contribution in [3.05, 3.63) is 0 Å². The van der Waals surface area contributed by atoms with E-state index in [0.717, 1.165) is 25.7 Å². The molecule has 0 aromatic carbocycles. The van der Waals surface area contributed by atoms with Gasteiger partial charge in [-0.1, -0.05) is 0 Å². The Hall–Kier alpha value is -0.150. The summed E-state index contributed by atoms with van der Waals surface area (Å²) in [4.78, 5) is 4.56. The molecule has 11 heavy (non-hydrogen) atoms. The summed E-state index contributed by atoms with van der Waals surface area (Å²) in [7, 11) is 0. The summed E-state index contributed by atoms with van der Waals surface area (Å²) in [5.41, 5.74) is 0. The normalized spacial score (nSPS) is 32.2. The molecule has 0 unspecified atom stereocenters. The van der Waals surface area contributed by atoms with Gasteiger partial charge in [-0.3, -0.25) is 4.39 Å². The third-order valence-electron chi connectivity index (χ3n) is 2.52. The number of nitrogens with two attached hydrogens (primary N) is 1. The van der Waals surface area contributed by atoms with E-state index >= 15 is 0 Å². The van der Waals surface area contributed by atoms with Gasteiger partial charge in [0.2, 0.25) is 0 Å². The van der Waals surface area contributed by atoms with Crippen molar-refractivity contribution in [3.63, 3.8) is 0 Å². The van der Waals surface area contributed by atoms with Crippen molar-refractivity contribution >= 4 is 0 Å². The molecule has 1 fully saturated rings. The van der Waals surface area contributed by atoms with E-state index in [1.54, 1.807) is 0 Å². The van der Waals surface area contributed by atoms with Crippen molar-refractivity contribution in [3.8, 4) is 0 Å². The van der Waals surface area contributed by atoms with Gasteiger partial charge in [0.15, 0.2) is 0 Å². The van der Waals surface area contributed by atoms with E-state index in [9.17, 15) is 4.39 Å². The third-order valence-corrected chi connectivity index (χ3v) is 2.52. The zero-order valence-corrected chi connectivity index (χ0v) is 6.76. The molecule has 1 rings (SSSR count). The first-order valence-electron chi connectivity index (χ1n) is 4.24. The minimum absolute atomic E-state index is 0.157. The molecule has 2 N–H and O–H groups in total. The summed E-state index contributed by atoms with van der Waals surface area (Å²) >= 11 is 0. The highest BCUT2D eigenvalue weighted by Crippen LogP contribution is 2.28. The first-order chi connectivity index (χ1) is 5.36. The molecule has 0 amide bonds. The van der Waals surface area contributed by atoms with E-state index < -0.39 is 0 Å². The second-order valence-electron chi connectivity index (χ2n) is 3.37. The van der Waals surface area contributed by atoms with Crippen molar-refractivity contribution in [1.29, 1.82) is 0 Å². The molecule has 66 valence electrons. The van der Waals surface area contributed by atoms with Crippen LogP contribution in [-0.4, -0.2) is 13.3 Å². The topological polar surface area (TPSA) is 35.2 Å². The Morgan fingerprint density at radius 2 is 1.73 bits per heavy atom. The first kappa shape index (κ1) is 8.94. The fraction of sp³-hybridized carbons (Fsp3) is 1.00. The largest absolute Gasteiger partial charge is 0.304 e. The van der Waals surface area contributed by atoms with Gasteiger partial charge in [-0.15, -0.1) is 0 Å². The molecule has 2 nitrogen and oxygen atoms in total. The number of hydrogen-bond acceptors (Lipinski definition) is 2. The Morgan fingerprint density at radius 1 is 1.18 bits per heavy atom. The average molecular weight is 160 g/mol. The molecule has 0 atom stereocenters. The molecular formula is C8H16FNO. The van der Waals surface area contributed by atoms with E-state index in [-0.39, 0.29) is 6.67 Å². The van der Waals surface area contributed by atoms with Crippen LogP contribution in [0.25, 0.3) is 0 Å². The van der Waals surface area contributed by atoms with Gasteiger partial charge < -0.3 is 4.84 Å². The van der Waals surface area contributed by atoms with Crippen LogP contribution in [-0.2, 0) is 4.84 Å². The van der Waals surface area contributed by atoms with Crippen LogP contribution in [0.15, 0.2) is 0 Å². The van der Waals surface area contributed by atoms with Gasteiger partial charge in [-0.2, -0.15) is 0 Å². The zero-order chi connectivity index (χ0) is 8.10. The molecule has 0 aromatic heterocycles. The predicted octanol–water partition coefficient (Wildman–Crippen LogP) is 1.65. The second kappa shape index (κ2) is 4.67. The monoisotopic (exact) mass is 160 g/mol. The number of rotatable bonds is 3. The van der Waals surface area contributed by atoms with Crippen molar-refractivity contribution in [2.75, 3.05) is 13.3 Å². The Bertz CT molecular complexity index is 102. The molecule has 1 aliphatic rings. The zero-order valence-electron chi connectivity index (χ0n) is 6.76. The van der Waals surface area contributed by atoms with Gasteiger partial charge in [0.25, 0.3) is 0 Å². The van der Waals surface area contributed by atoms with Crippen LogP contribution >= 0.6 is 0 Å². The molecule has 1 saturated carbocycles. The highest BCUT2D eigenvalue weighted by Gasteiger charge is 2.20. The number of alkyl halides is 1. The molecule has 0 aliphatic heterocycles. The van der Waals surface area contributed by atoms with Gasteiger partial charge >= 0.3 is 0 Å². The molecule has 0 aromatic rings. The molecule has 0 bridgehead atoms. The van der Waals surface area contributed by atoms with Crippen molar-refractivity contribution in [2.24, 2.45) is 17.7 Å². The summed E-state index contributed by atoms with van der Waals surface area (Å²) < 4.78 is 12.1. The van der Waals surface area contributed by atoms with E-state index in [1.807, 2.05) is 0 Å². The highest BCUT2D eigenvalue weighted by molar-refractivity contribution is 4.71. The molecule has 0 heterocycles. The molecule has 0 spiro atoms. The summed E-state index contributed by atoms with van der Waals surface area (Å²) in [6.07, 6.45) is 4.16. The quantitative estimate of drug-likeness (QED) is 0.637. The summed E-state index contributed by atoms with van der Waals surface area (Å²) in [6.45, 7) is 0.481. The Balaban J connectivity index is 2.14. The van der Waals surface area contributed by atoms with Crippen LogP contribution in [0.4, 0.5) is 4.39 Å². The molecule has 1 aliphatic carbocycles. The van der Waals surface area contributed by atoms with Crippen molar-refractivity contribution < 1.29 is 9.23 Å². The van der Waals surface area contributed by atoms with E-state index in [4.69, 9.17) is 5.90 Å². The molecular weight excluding hydrogens is 144 g/mol. The smallest absolute Gasteiger partial charge is 0.0922 e. The Morgan fingerprint density at radius 3 is 2.18 bits per heavy atom. The minimum Gasteiger partial charge on any atom is -0.304 e. The van der Waals surface area contributed by atoms with Crippen LogP contribution in [0.3, 0.4) is 0 Å². The van der Waals surface area contributed by atoms with Gasteiger partial charge in [0, 0.05) is 0 Å². The number of hydrogen-bond donors (Lipinski definition) is 1. The molecule has 3 heteroatoms. The highest BCUT2D eigenvalue weighted by atomic mass is 18.2. The van der Waals surface area contributed by atoms with Gasteiger partial charge in [-0.05, 0) is 37.5 Å². The van der Waals surface area contributed by atoms with Crippen LogP contribution in [0.1, 0.15) is 25.7 Å². The van der Waals surface area contributed by atoms with Gasteiger partial charge in [-0.25, -0.2) is 5.90 Å². The van der Waals surface area contributed by atoms with E-state index in [1.165, 1.54) is 0 Å². The maximum Gasteiger partial charge on any atom is 0.0922 e. The fourth-order valence-electron chi connectivity index (χ4n) is 1.69. The van der Waals surface area contributed by atoms with Crippen molar-refractivity contribution in [2.45, 2.75) is 25.7 Å². The third kappa shape index (κ3) is 2.75. The summed E-state index contributed by atoms with van der Waals surface area (Å²) in [5.74, 6) is 5.83. The van der Waals surface area contributed by atoms with E-state index in [2.05, 4.69) is 4.84 Å². The Labute approximate surface area is 66.9 Å². The lowest BCUT2D eigenvalue weighted by atomic mass is 9.83. The summed E-state index contributed by atoms with van der Waals surface area (Å²) in [6, 6.07) is 0. The molecule has 0 radical (unpaired) electrons. The minimum atomic E-state index is -0.157. The fourth-order valence-corrected chi connectivity index (χ4v) is 1.69. The maximum atomic E-state index is 12.1. The van der Waals surface area contributed by atoms with Crippen LogP contribution < -0.4 is 5.90 Å². The SMILES string of the molecule is NOCC1CCC(C[18F])CC1. The molecule has 0 saturated heterocycles. The lowest BCUT2D eigenvalue weighted by molar-refractivity contribution is 0.0759. The lowest BCUT2D eigenvalue weighted by Crippen LogP contribution is -2.21. The van der Waals surface area contributed by atoms with Crippen molar-refractivity contribution in [1.82, 2.24) is 0 Å². The lowest BCUT2D eigenvalue weighted by Gasteiger charge is -2.25. The maximum absolute atomic E-state index is 12.1. The van der Waals surface area contributed by atoms with Crippen LogP contribution in [0, 0.1) is 11.8 Å². The second-order valence-corrected chi connectivity index (χ2v) is 3.37. The number of halogens is 1. The average Bonchev–Trinajstić information content (AvgIpc) is 2.07. The predicted molar refractivity (Wildman–Crippen MR) is 41.6 cm³/mol. The van der Waals surface area contributed by atoms with Crippen LogP contribution in [0.5, 0.6) is 0 Å².